The molecule has 2 saturated heterocycles. The number of hydrogen-bond donors (Lipinski definition) is 1. The fourth-order valence-electron chi connectivity index (χ4n) is 3.28. The first-order valence-electron chi connectivity index (χ1n) is 7.01. The van der Waals surface area contributed by atoms with Crippen molar-refractivity contribution in [2.75, 3.05) is 37.9 Å². The van der Waals surface area contributed by atoms with E-state index < -0.39 is 0 Å². The van der Waals surface area contributed by atoms with Gasteiger partial charge in [-0.15, -0.1) is 0 Å². The maximum absolute atomic E-state index is 11.5. The van der Waals surface area contributed by atoms with E-state index in [2.05, 4.69) is 4.90 Å². The second kappa shape index (κ2) is 4.58. The molecule has 2 aliphatic rings. The Balaban J connectivity index is 1.71. The van der Waals surface area contributed by atoms with Gasteiger partial charge in [-0.3, -0.25) is 4.79 Å². The molecule has 1 aromatic rings. The number of β-lactam (4-membered cyclic amide) rings is 1. The summed E-state index contributed by atoms with van der Waals surface area (Å²) in [5.41, 5.74) is 7.76. The Kier molecular flexibility index (Phi) is 3.00. The largest absolute Gasteiger partial charge is 0.495 e. The monoisotopic (exact) mass is 275 g/mol. The maximum Gasteiger partial charge on any atom is 0.225 e. The average Bonchev–Trinajstić information content (AvgIpc) is 2.48. The van der Waals surface area contributed by atoms with Crippen molar-refractivity contribution >= 4 is 17.3 Å². The number of carbonyl (C=O) groups is 1. The molecule has 1 amide bonds. The third kappa shape index (κ3) is 1.88. The van der Waals surface area contributed by atoms with Gasteiger partial charge in [0.05, 0.1) is 24.8 Å². The molecule has 0 bridgehead atoms. The average molecular weight is 275 g/mol. The number of amides is 1. The van der Waals surface area contributed by atoms with Gasteiger partial charge in [-0.2, -0.15) is 0 Å². The smallest absolute Gasteiger partial charge is 0.225 e. The van der Waals surface area contributed by atoms with Crippen LogP contribution in [0.4, 0.5) is 11.4 Å². The second-order valence-corrected chi connectivity index (χ2v) is 5.77. The minimum Gasteiger partial charge on any atom is -0.495 e. The van der Waals surface area contributed by atoms with E-state index in [-0.39, 0.29) is 11.4 Å². The van der Waals surface area contributed by atoms with Crippen molar-refractivity contribution < 1.29 is 9.53 Å². The molecular formula is C15H21N3O2. The molecule has 0 aromatic heterocycles. The molecule has 20 heavy (non-hydrogen) atoms. The number of piperidine rings is 1. The zero-order valence-electron chi connectivity index (χ0n) is 12.1. The topological polar surface area (TPSA) is 58.8 Å². The van der Waals surface area contributed by atoms with Crippen LogP contribution in [0.1, 0.15) is 19.3 Å². The molecule has 0 unspecified atom stereocenters. The number of likely N-dealkylation sites (tertiary alicyclic amines) is 1. The standard InChI is InChI=1S/C15H21N3O2/c1-17-14(19)10-15(17)5-7-18(8-6-15)11-3-4-12(16)13(9-11)20-2/h3-4,9H,5-8,10,16H2,1-2H3. The maximum atomic E-state index is 11.5. The first-order valence-corrected chi connectivity index (χ1v) is 7.01. The van der Waals surface area contributed by atoms with Crippen LogP contribution in [0.25, 0.3) is 0 Å². The van der Waals surface area contributed by atoms with E-state index in [0.717, 1.165) is 37.4 Å². The third-order valence-electron chi connectivity index (χ3n) is 4.84. The Labute approximate surface area is 119 Å². The number of benzene rings is 1. The second-order valence-electron chi connectivity index (χ2n) is 5.77. The predicted octanol–water partition coefficient (Wildman–Crippen LogP) is 1.48. The highest BCUT2D eigenvalue weighted by Crippen LogP contribution is 2.41. The van der Waals surface area contributed by atoms with Crippen molar-refractivity contribution in [3.8, 4) is 5.75 Å². The van der Waals surface area contributed by atoms with E-state index in [1.807, 2.05) is 30.1 Å². The van der Waals surface area contributed by atoms with Crippen molar-refractivity contribution in [3.63, 3.8) is 0 Å². The summed E-state index contributed by atoms with van der Waals surface area (Å²) < 4.78 is 5.28. The van der Waals surface area contributed by atoms with E-state index in [1.54, 1.807) is 7.11 Å². The summed E-state index contributed by atoms with van der Waals surface area (Å²) in [5, 5.41) is 0. The molecule has 2 N–H and O–H groups in total. The lowest BCUT2D eigenvalue weighted by molar-refractivity contribution is -0.155. The lowest BCUT2D eigenvalue weighted by Crippen LogP contribution is -2.65. The van der Waals surface area contributed by atoms with Crippen LogP contribution in [-0.2, 0) is 4.79 Å². The highest BCUT2D eigenvalue weighted by Gasteiger charge is 2.49. The SMILES string of the molecule is COc1cc(N2CCC3(CC2)CC(=O)N3C)ccc1N. The van der Waals surface area contributed by atoms with Crippen LogP contribution in [-0.4, -0.2) is 43.6 Å². The predicted molar refractivity (Wildman–Crippen MR) is 79.0 cm³/mol. The van der Waals surface area contributed by atoms with Crippen LogP contribution in [0.3, 0.4) is 0 Å². The fourth-order valence-corrected chi connectivity index (χ4v) is 3.28. The number of methoxy groups -OCH3 is 1. The van der Waals surface area contributed by atoms with Crippen molar-refractivity contribution in [1.29, 1.82) is 0 Å². The molecule has 2 fully saturated rings. The van der Waals surface area contributed by atoms with E-state index in [0.29, 0.717) is 12.1 Å². The van der Waals surface area contributed by atoms with Gasteiger partial charge >= 0.3 is 0 Å². The fraction of sp³-hybridized carbons (Fsp3) is 0.533. The van der Waals surface area contributed by atoms with Gasteiger partial charge in [0.1, 0.15) is 5.75 Å². The van der Waals surface area contributed by atoms with Gasteiger partial charge in [0.25, 0.3) is 0 Å². The number of hydrogen-bond acceptors (Lipinski definition) is 4. The zero-order chi connectivity index (χ0) is 14.3. The van der Waals surface area contributed by atoms with Gasteiger partial charge in [-0.1, -0.05) is 0 Å². The minimum atomic E-state index is 0.117. The molecule has 1 spiro atoms. The first-order chi connectivity index (χ1) is 9.55. The summed E-state index contributed by atoms with van der Waals surface area (Å²) in [6.45, 7) is 1.93. The summed E-state index contributed by atoms with van der Waals surface area (Å²) in [6, 6.07) is 5.91. The number of nitrogens with two attached hydrogens (primary N) is 1. The third-order valence-corrected chi connectivity index (χ3v) is 4.84. The summed E-state index contributed by atoms with van der Waals surface area (Å²) in [7, 11) is 3.56. The van der Waals surface area contributed by atoms with E-state index in [4.69, 9.17) is 10.5 Å². The molecular weight excluding hydrogens is 254 g/mol. The van der Waals surface area contributed by atoms with Crippen LogP contribution in [0, 0.1) is 0 Å². The lowest BCUT2D eigenvalue weighted by atomic mass is 9.76. The number of nitrogens with zero attached hydrogens (tertiary/aromatic N) is 2. The highest BCUT2D eigenvalue weighted by atomic mass is 16.5. The number of nitrogen functional groups attached to an aromatic ring is 1. The van der Waals surface area contributed by atoms with E-state index in [9.17, 15) is 4.79 Å². The molecule has 0 aliphatic carbocycles. The van der Waals surface area contributed by atoms with Crippen molar-refractivity contribution in [2.24, 2.45) is 0 Å². The zero-order valence-corrected chi connectivity index (χ0v) is 12.1. The number of rotatable bonds is 2. The van der Waals surface area contributed by atoms with Gasteiger partial charge in [-0.25, -0.2) is 0 Å². The van der Waals surface area contributed by atoms with Crippen molar-refractivity contribution in [1.82, 2.24) is 4.90 Å². The van der Waals surface area contributed by atoms with Crippen LogP contribution in [0.2, 0.25) is 0 Å². The van der Waals surface area contributed by atoms with Crippen LogP contribution in [0.5, 0.6) is 5.75 Å². The van der Waals surface area contributed by atoms with Crippen LogP contribution < -0.4 is 15.4 Å². The lowest BCUT2D eigenvalue weighted by Gasteiger charge is -2.54. The van der Waals surface area contributed by atoms with Gasteiger partial charge in [0.15, 0.2) is 0 Å². The Hall–Kier alpha value is -1.91. The first kappa shape index (κ1) is 13.1. The minimum absolute atomic E-state index is 0.117. The Morgan fingerprint density at radius 3 is 2.55 bits per heavy atom. The molecule has 3 rings (SSSR count). The van der Waals surface area contributed by atoms with Crippen molar-refractivity contribution in [3.05, 3.63) is 18.2 Å². The number of carbonyl (C=O) groups excluding carboxylic acids is 1. The quantitative estimate of drug-likeness (QED) is 0.656. The molecule has 2 aliphatic heterocycles. The van der Waals surface area contributed by atoms with Gasteiger partial charge in [-0.05, 0) is 25.0 Å². The molecule has 1 aromatic carbocycles. The van der Waals surface area contributed by atoms with Crippen LogP contribution >= 0.6 is 0 Å². The molecule has 0 radical (unpaired) electrons. The normalized spacial score (nSPS) is 21.0. The summed E-state index contributed by atoms with van der Waals surface area (Å²) in [5.74, 6) is 0.992. The molecule has 0 atom stereocenters. The van der Waals surface area contributed by atoms with E-state index >= 15 is 0 Å². The Bertz CT molecular complexity index is 536. The summed E-state index contributed by atoms with van der Waals surface area (Å²) in [4.78, 5) is 15.7. The Morgan fingerprint density at radius 1 is 1.30 bits per heavy atom. The van der Waals surface area contributed by atoms with Gasteiger partial charge < -0.3 is 20.3 Å². The number of anilines is 2. The molecule has 5 nitrogen and oxygen atoms in total. The highest BCUT2D eigenvalue weighted by molar-refractivity contribution is 5.84. The molecule has 5 heteroatoms. The Morgan fingerprint density at radius 2 is 2.00 bits per heavy atom. The van der Waals surface area contributed by atoms with Crippen LogP contribution in [0.15, 0.2) is 18.2 Å². The molecule has 108 valence electrons. The number of ether oxygens (including phenoxy) is 1. The molecule has 0 saturated carbocycles. The van der Waals surface area contributed by atoms with Crippen molar-refractivity contribution in [2.45, 2.75) is 24.8 Å². The van der Waals surface area contributed by atoms with E-state index in [1.165, 1.54) is 0 Å². The summed E-state index contributed by atoms with van der Waals surface area (Å²) >= 11 is 0. The van der Waals surface area contributed by atoms with Gasteiger partial charge in [0, 0.05) is 31.9 Å². The summed E-state index contributed by atoms with van der Waals surface area (Å²) in [6.07, 6.45) is 2.77. The molecule has 2 heterocycles. The van der Waals surface area contributed by atoms with Gasteiger partial charge in [0.2, 0.25) is 5.91 Å².